The second kappa shape index (κ2) is 5.19. The number of nitrogens with zero attached hydrogens (tertiary/aromatic N) is 1. The lowest BCUT2D eigenvalue weighted by atomic mass is 9.94. The predicted octanol–water partition coefficient (Wildman–Crippen LogP) is 3.65. The number of hydrogen-bond acceptors (Lipinski definition) is 3. The number of rotatable bonds is 2. The van der Waals surface area contributed by atoms with E-state index in [4.69, 9.17) is 0 Å². The zero-order valence-electron chi connectivity index (χ0n) is 11.9. The Bertz CT molecular complexity index is 678. The molecule has 1 aromatic carbocycles. The number of nitrogens with one attached hydrogen (secondary N) is 1. The zero-order chi connectivity index (χ0) is 14.2. The quantitative estimate of drug-likeness (QED) is 0.918. The normalized spacial score (nSPS) is 17.1. The lowest BCUT2D eigenvalue weighted by Crippen LogP contribution is -2.39. The van der Waals surface area contributed by atoms with Gasteiger partial charge in [0, 0.05) is 11.4 Å². The van der Waals surface area contributed by atoms with E-state index >= 15 is 0 Å². The molecule has 4 rings (SSSR count). The number of anilines is 1. The van der Waals surface area contributed by atoms with Gasteiger partial charge in [-0.3, -0.25) is 4.79 Å². The van der Waals surface area contributed by atoms with Gasteiger partial charge in [-0.1, -0.05) is 30.3 Å². The molecule has 0 saturated heterocycles. The SMILES string of the molecule is O=C1c2c(sc3c2CCCC3)NCN1Cc1ccccc1. The molecule has 0 spiro atoms. The topological polar surface area (TPSA) is 32.3 Å². The van der Waals surface area contributed by atoms with E-state index in [2.05, 4.69) is 17.4 Å². The highest BCUT2D eigenvalue weighted by Gasteiger charge is 2.31. The summed E-state index contributed by atoms with van der Waals surface area (Å²) in [6, 6.07) is 10.2. The number of carbonyl (C=O) groups is 1. The third-order valence-electron chi connectivity index (χ3n) is 4.32. The lowest BCUT2D eigenvalue weighted by Gasteiger charge is -2.29. The van der Waals surface area contributed by atoms with E-state index in [0.717, 1.165) is 23.4 Å². The molecule has 0 radical (unpaired) electrons. The molecule has 1 aliphatic carbocycles. The Labute approximate surface area is 128 Å². The molecule has 2 aromatic rings. The van der Waals surface area contributed by atoms with Gasteiger partial charge in [0.05, 0.1) is 12.2 Å². The van der Waals surface area contributed by atoms with Crippen LogP contribution in [-0.4, -0.2) is 17.5 Å². The number of fused-ring (bicyclic) bond motifs is 3. The molecule has 108 valence electrons. The number of aryl methyl sites for hydroxylation is 1. The minimum Gasteiger partial charge on any atom is -0.359 e. The van der Waals surface area contributed by atoms with Crippen molar-refractivity contribution in [2.45, 2.75) is 32.2 Å². The molecule has 2 aliphatic rings. The lowest BCUT2D eigenvalue weighted by molar-refractivity contribution is 0.0746. The molecule has 4 heteroatoms. The van der Waals surface area contributed by atoms with Gasteiger partial charge in [-0.25, -0.2) is 0 Å². The number of benzene rings is 1. The molecule has 3 nitrogen and oxygen atoms in total. The van der Waals surface area contributed by atoms with Crippen molar-refractivity contribution in [3.05, 3.63) is 51.9 Å². The first-order valence-electron chi connectivity index (χ1n) is 7.54. The van der Waals surface area contributed by atoms with Crippen LogP contribution in [0.2, 0.25) is 0 Å². The van der Waals surface area contributed by atoms with Gasteiger partial charge in [-0.2, -0.15) is 0 Å². The summed E-state index contributed by atoms with van der Waals surface area (Å²) in [4.78, 5) is 16.2. The van der Waals surface area contributed by atoms with Crippen molar-refractivity contribution >= 4 is 22.2 Å². The third kappa shape index (κ3) is 2.23. The van der Waals surface area contributed by atoms with Crippen molar-refractivity contribution in [1.82, 2.24) is 4.90 Å². The second-order valence-corrected chi connectivity index (χ2v) is 6.84. The average Bonchev–Trinajstić information content (AvgIpc) is 2.90. The highest BCUT2D eigenvalue weighted by atomic mass is 32.1. The van der Waals surface area contributed by atoms with Crippen molar-refractivity contribution in [3.8, 4) is 0 Å². The minimum absolute atomic E-state index is 0.201. The summed E-state index contributed by atoms with van der Waals surface area (Å²) < 4.78 is 0. The van der Waals surface area contributed by atoms with Crippen molar-refractivity contribution < 1.29 is 4.79 Å². The summed E-state index contributed by atoms with van der Waals surface area (Å²) in [5.41, 5.74) is 3.45. The fourth-order valence-electron chi connectivity index (χ4n) is 3.25. The van der Waals surface area contributed by atoms with E-state index in [-0.39, 0.29) is 5.91 Å². The van der Waals surface area contributed by atoms with Crippen molar-refractivity contribution in [1.29, 1.82) is 0 Å². The van der Waals surface area contributed by atoms with Crippen LogP contribution < -0.4 is 5.32 Å². The van der Waals surface area contributed by atoms with Crippen LogP contribution in [0.3, 0.4) is 0 Å². The predicted molar refractivity (Wildman–Crippen MR) is 85.8 cm³/mol. The van der Waals surface area contributed by atoms with Crippen molar-refractivity contribution in [3.63, 3.8) is 0 Å². The molecule has 1 amide bonds. The summed E-state index contributed by atoms with van der Waals surface area (Å²) in [6.45, 7) is 1.29. The first kappa shape index (κ1) is 12.9. The largest absolute Gasteiger partial charge is 0.359 e. The molecule has 1 N–H and O–H groups in total. The van der Waals surface area contributed by atoms with Crippen LogP contribution in [-0.2, 0) is 19.4 Å². The Kier molecular flexibility index (Phi) is 3.19. The maximum atomic E-state index is 12.8. The van der Waals surface area contributed by atoms with Crippen LogP contribution in [0.5, 0.6) is 0 Å². The monoisotopic (exact) mass is 298 g/mol. The molecule has 2 heterocycles. The fourth-order valence-corrected chi connectivity index (χ4v) is 4.51. The van der Waals surface area contributed by atoms with Gasteiger partial charge < -0.3 is 10.2 Å². The van der Waals surface area contributed by atoms with Crippen LogP contribution in [0, 0.1) is 0 Å². The maximum absolute atomic E-state index is 12.8. The van der Waals surface area contributed by atoms with Crippen molar-refractivity contribution in [2.75, 3.05) is 12.0 Å². The zero-order valence-corrected chi connectivity index (χ0v) is 12.7. The van der Waals surface area contributed by atoms with Gasteiger partial charge in [-0.15, -0.1) is 11.3 Å². The number of hydrogen-bond donors (Lipinski definition) is 1. The molecule has 0 saturated carbocycles. The van der Waals surface area contributed by atoms with Gasteiger partial charge in [0.25, 0.3) is 5.91 Å². The van der Waals surface area contributed by atoms with E-state index < -0.39 is 0 Å². The Morgan fingerprint density at radius 3 is 2.81 bits per heavy atom. The van der Waals surface area contributed by atoms with Gasteiger partial charge in [0.2, 0.25) is 0 Å². The summed E-state index contributed by atoms with van der Waals surface area (Å²) in [5, 5.41) is 4.54. The van der Waals surface area contributed by atoms with Crippen LogP contribution in [0.4, 0.5) is 5.00 Å². The van der Waals surface area contributed by atoms with E-state index in [9.17, 15) is 4.79 Å². The molecule has 21 heavy (non-hydrogen) atoms. The van der Waals surface area contributed by atoms with Gasteiger partial charge in [0.15, 0.2) is 0 Å². The molecule has 0 bridgehead atoms. The average molecular weight is 298 g/mol. The molecule has 0 unspecified atom stereocenters. The van der Waals surface area contributed by atoms with Crippen LogP contribution in [0.1, 0.15) is 39.2 Å². The first-order chi connectivity index (χ1) is 10.3. The maximum Gasteiger partial charge on any atom is 0.258 e. The standard InChI is InChI=1S/C17H18N2OS/c20-17-15-13-8-4-5-9-14(13)21-16(15)18-11-19(17)10-12-6-2-1-3-7-12/h1-3,6-7,18H,4-5,8-11H2. The van der Waals surface area contributed by atoms with Crippen LogP contribution in [0.15, 0.2) is 30.3 Å². The number of carbonyl (C=O) groups excluding carboxylic acids is 1. The Morgan fingerprint density at radius 1 is 1.14 bits per heavy atom. The molecule has 0 atom stereocenters. The Balaban J connectivity index is 1.64. The smallest absolute Gasteiger partial charge is 0.258 e. The third-order valence-corrected chi connectivity index (χ3v) is 5.57. The molecule has 1 aliphatic heterocycles. The highest BCUT2D eigenvalue weighted by molar-refractivity contribution is 7.16. The molecule has 0 fully saturated rings. The summed E-state index contributed by atoms with van der Waals surface area (Å²) in [6.07, 6.45) is 4.67. The van der Waals surface area contributed by atoms with E-state index in [0.29, 0.717) is 13.2 Å². The summed E-state index contributed by atoms with van der Waals surface area (Å²) >= 11 is 1.79. The summed E-state index contributed by atoms with van der Waals surface area (Å²) in [7, 11) is 0. The molecule has 1 aromatic heterocycles. The van der Waals surface area contributed by atoms with Crippen LogP contribution in [0.25, 0.3) is 0 Å². The van der Waals surface area contributed by atoms with Gasteiger partial charge >= 0.3 is 0 Å². The van der Waals surface area contributed by atoms with E-state index in [1.807, 2.05) is 23.1 Å². The van der Waals surface area contributed by atoms with Crippen molar-refractivity contribution in [2.24, 2.45) is 0 Å². The number of amides is 1. The fraction of sp³-hybridized carbons (Fsp3) is 0.353. The Hall–Kier alpha value is -1.81. The minimum atomic E-state index is 0.201. The number of thiophene rings is 1. The Morgan fingerprint density at radius 2 is 1.95 bits per heavy atom. The molecular weight excluding hydrogens is 280 g/mol. The summed E-state index contributed by atoms with van der Waals surface area (Å²) in [5.74, 6) is 0.201. The van der Waals surface area contributed by atoms with Gasteiger partial charge in [-0.05, 0) is 36.8 Å². The van der Waals surface area contributed by atoms with Gasteiger partial charge in [0.1, 0.15) is 5.00 Å². The van der Waals surface area contributed by atoms with E-state index in [1.54, 1.807) is 11.3 Å². The second-order valence-electron chi connectivity index (χ2n) is 5.74. The van der Waals surface area contributed by atoms with E-state index in [1.165, 1.54) is 28.8 Å². The first-order valence-corrected chi connectivity index (χ1v) is 8.36. The van der Waals surface area contributed by atoms with Crippen LogP contribution >= 0.6 is 11.3 Å². The molecular formula is C17H18N2OS. The highest BCUT2D eigenvalue weighted by Crippen LogP contribution is 2.40.